The first kappa shape index (κ1) is 23.7. The van der Waals surface area contributed by atoms with Crippen LogP contribution in [0.25, 0.3) is 0 Å². The van der Waals surface area contributed by atoms with Gasteiger partial charge < -0.3 is 15.7 Å². The second-order valence-corrected chi connectivity index (χ2v) is 9.50. The van der Waals surface area contributed by atoms with Gasteiger partial charge in [-0.05, 0) is 39.0 Å². The molecule has 0 saturated carbocycles. The first-order chi connectivity index (χ1) is 15.1. The Bertz CT molecular complexity index is 711. The lowest BCUT2D eigenvalue weighted by atomic mass is 9.87. The highest BCUT2D eigenvalue weighted by atomic mass is 19.4. The summed E-state index contributed by atoms with van der Waals surface area (Å²) >= 11 is 0. The van der Waals surface area contributed by atoms with E-state index in [0.29, 0.717) is 38.6 Å². The number of allylic oxidation sites excluding steroid dienone is 1. The Morgan fingerprint density at radius 3 is 2.56 bits per heavy atom. The SMILES string of the molecule is C[C@H](NC1CC(N2CC(O)(C(F)(F)F)C2)CC(NC2CNC=CN2)N1)C1=CC[C@@H](F)CC1. The Kier molecular flexibility index (Phi) is 7.02. The number of aliphatic hydroxyl groups is 1. The minimum Gasteiger partial charge on any atom is -0.386 e. The summed E-state index contributed by atoms with van der Waals surface area (Å²) in [6, 6.07) is -0.0657. The van der Waals surface area contributed by atoms with Crippen molar-refractivity contribution in [1.29, 1.82) is 0 Å². The van der Waals surface area contributed by atoms with Crippen molar-refractivity contribution in [3.63, 3.8) is 0 Å². The van der Waals surface area contributed by atoms with E-state index in [1.807, 2.05) is 25.4 Å². The smallest absolute Gasteiger partial charge is 0.386 e. The van der Waals surface area contributed by atoms with Gasteiger partial charge in [-0.15, -0.1) is 0 Å². The summed E-state index contributed by atoms with van der Waals surface area (Å²) < 4.78 is 52.9. The number of rotatable bonds is 6. The molecule has 6 atom stereocenters. The van der Waals surface area contributed by atoms with E-state index in [-0.39, 0.29) is 30.6 Å². The van der Waals surface area contributed by atoms with E-state index in [4.69, 9.17) is 0 Å². The van der Waals surface area contributed by atoms with Gasteiger partial charge in [-0.2, -0.15) is 13.2 Å². The van der Waals surface area contributed by atoms with Crippen molar-refractivity contribution in [2.24, 2.45) is 0 Å². The maximum absolute atomic E-state index is 13.5. The first-order valence-electron chi connectivity index (χ1n) is 11.4. The normalized spacial score (nSPS) is 36.4. The number of β-amino-alcohol motifs (C(OH)–C–C–N with tert-alkyl or cyclic N) is 1. The average Bonchev–Trinajstić information content (AvgIpc) is 2.71. The van der Waals surface area contributed by atoms with E-state index >= 15 is 0 Å². The molecule has 0 aromatic carbocycles. The highest BCUT2D eigenvalue weighted by Gasteiger charge is 2.62. The Labute approximate surface area is 186 Å². The molecule has 0 radical (unpaired) electrons. The monoisotopic (exact) mass is 462 g/mol. The summed E-state index contributed by atoms with van der Waals surface area (Å²) in [5.74, 6) is 0. The van der Waals surface area contributed by atoms with Crippen LogP contribution in [0.4, 0.5) is 17.6 Å². The molecular formula is C21H34F4N6O. The van der Waals surface area contributed by atoms with Crippen molar-refractivity contribution in [3.05, 3.63) is 24.0 Å². The molecule has 0 spiro atoms. The second kappa shape index (κ2) is 9.46. The Hall–Kier alpha value is -1.40. The summed E-state index contributed by atoms with van der Waals surface area (Å²) in [7, 11) is 0. The summed E-state index contributed by atoms with van der Waals surface area (Å²) in [5.41, 5.74) is -1.45. The minimum absolute atomic E-state index is 0.0136. The number of nitrogens with zero attached hydrogens (tertiary/aromatic N) is 1. The van der Waals surface area contributed by atoms with Crippen LogP contribution in [-0.4, -0.2) is 78.2 Å². The molecular weight excluding hydrogens is 428 g/mol. The van der Waals surface area contributed by atoms with E-state index < -0.39 is 31.0 Å². The summed E-state index contributed by atoms with van der Waals surface area (Å²) in [6.45, 7) is 1.93. The lowest BCUT2D eigenvalue weighted by Crippen LogP contribution is -2.74. The summed E-state index contributed by atoms with van der Waals surface area (Å²) in [6.07, 6.45) is 2.84. The highest BCUT2D eigenvalue weighted by Crippen LogP contribution is 2.40. The molecule has 3 heterocycles. The molecule has 1 aliphatic carbocycles. The quantitative estimate of drug-likeness (QED) is 0.260. The van der Waals surface area contributed by atoms with E-state index in [0.717, 1.165) is 0 Å². The molecule has 0 bridgehead atoms. The maximum Gasteiger partial charge on any atom is 0.419 e. The second-order valence-electron chi connectivity index (χ2n) is 9.50. The zero-order chi connectivity index (χ0) is 22.9. The molecule has 11 heteroatoms. The van der Waals surface area contributed by atoms with Crippen LogP contribution in [0.1, 0.15) is 39.0 Å². The van der Waals surface area contributed by atoms with Crippen LogP contribution < -0.4 is 26.6 Å². The summed E-state index contributed by atoms with van der Waals surface area (Å²) in [4.78, 5) is 1.72. The van der Waals surface area contributed by atoms with E-state index in [9.17, 15) is 22.7 Å². The van der Waals surface area contributed by atoms with Gasteiger partial charge in [-0.25, -0.2) is 4.39 Å². The van der Waals surface area contributed by atoms with E-state index in [1.54, 1.807) is 4.90 Å². The van der Waals surface area contributed by atoms with Crippen molar-refractivity contribution in [2.45, 2.75) is 87.6 Å². The molecule has 3 aliphatic heterocycles. The van der Waals surface area contributed by atoms with Crippen molar-refractivity contribution in [3.8, 4) is 0 Å². The van der Waals surface area contributed by atoms with Gasteiger partial charge in [-0.3, -0.25) is 20.9 Å². The lowest BCUT2D eigenvalue weighted by molar-refractivity contribution is -0.307. The van der Waals surface area contributed by atoms with Gasteiger partial charge in [0.25, 0.3) is 0 Å². The van der Waals surface area contributed by atoms with Gasteiger partial charge >= 0.3 is 6.18 Å². The lowest BCUT2D eigenvalue weighted by Gasteiger charge is -2.53. The van der Waals surface area contributed by atoms with Crippen LogP contribution in [0.15, 0.2) is 24.0 Å². The van der Waals surface area contributed by atoms with Gasteiger partial charge in [-0.1, -0.05) is 11.6 Å². The first-order valence-corrected chi connectivity index (χ1v) is 11.4. The third-order valence-corrected chi connectivity index (χ3v) is 7.00. The predicted molar refractivity (Wildman–Crippen MR) is 113 cm³/mol. The fourth-order valence-electron chi connectivity index (χ4n) is 5.06. The Morgan fingerprint density at radius 1 is 1.19 bits per heavy atom. The topological polar surface area (TPSA) is 83.6 Å². The van der Waals surface area contributed by atoms with Crippen LogP contribution in [0.3, 0.4) is 0 Å². The Morgan fingerprint density at radius 2 is 1.94 bits per heavy atom. The van der Waals surface area contributed by atoms with Gasteiger partial charge in [0.1, 0.15) is 6.17 Å². The molecule has 0 aromatic heterocycles. The van der Waals surface area contributed by atoms with Crippen molar-refractivity contribution in [2.75, 3.05) is 19.6 Å². The molecule has 32 heavy (non-hydrogen) atoms. The molecule has 0 aromatic rings. The van der Waals surface area contributed by atoms with Crippen LogP contribution in [0, 0.1) is 0 Å². The van der Waals surface area contributed by atoms with Crippen LogP contribution >= 0.6 is 0 Å². The van der Waals surface area contributed by atoms with Crippen molar-refractivity contribution < 1.29 is 22.7 Å². The van der Waals surface area contributed by atoms with Crippen LogP contribution in [0.5, 0.6) is 0 Å². The number of hydrogen-bond acceptors (Lipinski definition) is 7. The third-order valence-electron chi connectivity index (χ3n) is 7.00. The van der Waals surface area contributed by atoms with Crippen LogP contribution in [-0.2, 0) is 0 Å². The molecule has 4 rings (SSSR count). The molecule has 7 nitrogen and oxygen atoms in total. The number of nitrogens with one attached hydrogen (secondary N) is 5. The largest absolute Gasteiger partial charge is 0.419 e. The summed E-state index contributed by atoms with van der Waals surface area (Å²) in [5, 5.41) is 26.8. The van der Waals surface area contributed by atoms with Crippen molar-refractivity contribution >= 4 is 0 Å². The standard InChI is InChI=1S/C21H34F4N6O/c1-13(14-2-4-15(22)5-3-14)28-17-8-16(31-11-20(32,12-31)21(23,24)25)9-18(29-17)30-19-10-26-6-7-27-19/h2,6-7,13,15-19,26-30,32H,3-5,8-12H2,1H3/t13-,15+,16?,17?,18?,19?/m0/s1. The molecule has 0 amide bonds. The highest BCUT2D eigenvalue weighted by molar-refractivity contribution is 5.14. The van der Waals surface area contributed by atoms with Crippen molar-refractivity contribution in [1.82, 2.24) is 31.5 Å². The predicted octanol–water partition coefficient (Wildman–Crippen LogP) is 1.01. The van der Waals surface area contributed by atoms with Gasteiger partial charge in [0.15, 0.2) is 5.60 Å². The third kappa shape index (κ3) is 5.39. The number of halogens is 4. The number of piperidine rings is 1. The fourth-order valence-corrected chi connectivity index (χ4v) is 5.06. The molecule has 2 fully saturated rings. The van der Waals surface area contributed by atoms with Gasteiger partial charge in [0.2, 0.25) is 0 Å². The average molecular weight is 463 g/mol. The molecule has 182 valence electrons. The zero-order valence-corrected chi connectivity index (χ0v) is 18.3. The molecule has 2 saturated heterocycles. The van der Waals surface area contributed by atoms with E-state index in [2.05, 4.69) is 26.6 Å². The van der Waals surface area contributed by atoms with Crippen LogP contribution in [0.2, 0.25) is 0 Å². The maximum atomic E-state index is 13.5. The fraction of sp³-hybridized carbons (Fsp3) is 0.810. The van der Waals surface area contributed by atoms with Gasteiger partial charge in [0, 0.05) is 44.1 Å². The number of alkyl halides is 4. The van der Waals surface area contributed by atoms with E-state index in [1.165, 1.54) is 5.57 Å². The Balaban J connectivity index is 1.39. The number of hydrogen-bond donors (Lipinski definition) is 6. The minimum atomic E-state index is -4.62. The molecule has 4 aliphatic rings. The van der Waals surface area contributed by atoms with Gasteiger partial charge in [0.05, 0.1) is 18.5 Å². The zero-order valence-electron chi connectivity index (χ0n) is 18.3. The molecule has 4 unspecified atom stereocenters. The molecule has 6 N–H and O–H groups in total. The number of likely N-dealkylation sites (tertiary alicyclic amines) is 1.